The smallest absolute Gasteiger partial charge is 0.292 e. The summed E-state index contributed by atoms with van der Waals surface area (Å²) in [5.41, 5.74) is 0.227. The van der Waals surface area contributed by atoms with Crippen molar-refractivity contribution in [2.24, 2.45) is 0 Å². The van der Waals surface area contributed by atoms with Gasteiger partial charge in [0.25, 0.3) is 11.2 Å². The molecular formula is C18H21ClN6O4. The van der Waals surface area contributed by atoms with Gasteiger partial charge in [0.2, 0.25) is 5.91 Å². The molecule has 0 spiro atoms. The number of carbonyl (C=O) groups excluding carboxylic acids is 1. The van der Waals surface area contributed by atoms with Gasteiger partial charge in [0, 0.05) is 58.3 Å². The first-order valence-electron chi connectivity index (χ1n) is 9.11. The zero-order valence-corrected chi connectivity index (χ0v) is 16.6. The summed E-state index contributed by atoms with van der Waals surface area (Å²) in [5, 5.41) is 18.0. The lowest BCUT2D eigenvalue weighted by molar-refractivity contribution is -0.384. The number of benzene rings is 1. The van der Waals surface area contributed by atoms with Gasteiger partial charge < -0.3 is 10.2 Å². The summed E-state index contributed by atoms with van der Waals surface area (Å²) in [5.74, 6) is 0.0919. The standard InChI is InChI=1S/C18H21ClN6O4/c1-13(26)23-10-8-22(9-11-23)7-6-20-16-12-21-24(18(27)17(16)19)14-2-4-15(5-3-14)25(28)29/h2-5,12,20H,6-11H2,1H3. The van der Waals surface area contributed by atoms with Crippen molar-refractivity contribution in [2.45, 2.75) is 6.92 Å². The second kappa shape index (κ2) is 9.01. The van der Waals surface area contributed by atoms with E-state index >= 15 is 0 Å². The van der Waals surface area contributed by atoms with Crippen molar-refractivity contribution >= 4 is 28.9 Å². The van der Waals surface area contributed by atoms with Crippen molar-refractivity contribution in [2.75, 3.05) is 44.6 Å². The van der Waals surface area contributed by atoms with E-state index in [2.05, 4.69) is 15.3 Å². The Morgan fingerprint density at radius 2 is 1.90 bits per heavy atom. The number of non-ortho nitro benzene ring substituents is 1. The van der Waals surface area contributed by atoms with Crippen LogP contribution in [0.25, 0.3) is 5.69 Å². The minimum absolute atomic E-state index is 0.000230. The van der Waals surface area contributed by atoms with Gasteiger partial charge in [0.15, 0.2) is 0 Å². The van der Waals surface area contributed by atoms with E-state index in [1.54, 1.807) is 6.92 Å². The number of anilines is 1. The van der Waals surface area contributed by atoms with E-state index in [1.165, 1.54) is 30.5 Å². The van der Waals surface area contributed by atoms with Gasteiger partial charge in [0.05, 0.1) is 22.5 Å². The molecule has 0 saturated carbocycles. The second-order valence-corrected chi connectivity index (χ2v) is 7.02. The second-order valence-electron chi connectivity index (χ2n) is 6.64. The molecule has 1 amide bonds. The summed E-state index contributed by atoms with van der Waals surface area (Å²) in [6.45, 7) is 5.91. The third kappa shape index (κ3) is 4.90. The first kappa shape index (κ1) is 20.7. The van der Waals surface area contributed by atoms with Crippen LogP contribution in [-0.2, 0) is 4.79 Å². The monoisotopic (exact) mass is 420 g/mol. The number of carbonyl (C=O) groups is 1. The largest absolute Gasteiger partial charge is 0.381 e. The van der Waals surface area contributed by atoms with Gasteiger partial charge in [-0.3, -0.25) is 24.6 Å². The first-order chi connectivity index (χ1) is 13.9. The molecule has 2 aromatic rings. The van der Waals surface area contributed by atoms with Crippen LogP contribution in [0.4, 0.5) is 11.4 Å². The molecule has 10 nitrogen and oxygen atoms in total. The fourth-order valence-electron chi connectivity index (χ4n) is 3.09. The summed E-state index contributed by atoms with van der Waals surface area (Å²) >= 11 is 6.20. The Morgan fingerprint density at radius 1 is 1.24 bits per heavy atom. The molecule has 1 fully saturated rings. The molecule has 1 aliphatic heterocycles. The summed E-state index contributed by atoms with van der Waals surface area (Å²) in [4.78, 5) is 38.2. The Labute approximate surface area is 171 Å². The van der Waals surface area contributed by atoms with Crippen LogP contribution >= 0.6 is 11.6 Å². The molecule has 0 atom stereocenters. The van der Waals surface area contributed by atoms with Crippen LogP contribution in [-0.4, -0.2) is 69.7 Å². The maximum Gasteiger partial charge on any atom is 0.292 e. The van der Waals surface area contributed by atoms with E-state index < -0.39 is 10.5 Å². The number of nitrogens with zero attached hydrogens (tertiary/aromatic N) is 5. The van der Waals surface area contributed by atoms with Crippen molar-refractivity contribution < 1.29 is 9.72 Å². The Bertz CT molecular complexity index is 954. The number of nitro groups is 1. The molecule has 1 aromatic heterocycles. The van der Waals surface area contributed by atoms with Crippen LogP contribution in [0.3, 0.4) is 0 Å². The van der Waals surface area contributed by atoms with E-state index in [4.69, 9.17) is 11.6 Å². The van der Waals surface area contributed by atoms with Crippen molar-refractivity contribution in [1.82, 2.24) is 19.6 Å². The van der Waals surface area contributed by atoms with Gasteiger partial charge >= 0.3 is 0 Å². The van der Waals surface area contributed by atoms with E-state index in [0.717, 1.165) is 24.3 Å². The average Bonchev–Trinajstić information content (AvgIpc) is 2.72. The molecule has 1 aliphatic rings. The Balaban J connectivity index is 1.60. The predicted molar refractivity (Wildman–Crippen MR) is 109 cm³/mol. The highest BCUT2D eigenvalue weighted by molar-refractivity contribution is 6.32. The fourth-order valence-corrected chi connectivity index (χ4v) is 3.29. The summed E-state index contributed by atoms with van der Waals surface area (Å²) < 4.78 is 1.10. The van der Waals surface area contributed by atoms with E-state index in [9.17, 15) is 19.7 Å². The highest BCUT2D eigenvalue weighted by Gasteiger charge is 2.18. The molecule has 3 rings (SSSR count). The maximum atomic E-state index is 12.5. The SMILES string of the molecule is CC(=O)N1CCN(CCNc2cnn(-c3ccc([N+](=O)[O-])cc3)c(=O)c2Cl)CC1. The molecule has 0 unspecified atom stereocenters. The molecular weight excluding hydrogens is 400 g/mol. The van der Waals surface area contributed by atoms with Crippen LogP contribution in [0, 0.1) is 10.1 Å². The first-order valence-corrected chi connectivity index (χ1v) is 9.49. The van der Waals surface area contributed by atoms with Gasteiger partial charge in [0.1, 0.15) is 5.02 Å². The number of aromatic nitrogens is 2. The van der Waals surface area contributed by atoms with Gasteiger partial charge in [-0.1, -0.05) is 11.6 Å². The lowest BCUT2D eigenvalue weighted by atomic mass is 10.3. The maximum absolute atomic E-state index is 12.5. The molecule has 29 heavy (non-hydrogen) atoms. The minimum Gasteiger partial charge on any atom is -0.381 e. The highest BCUT2D eigenvalue weighted by Crippen LogP contribution is 2.18. The van der Waals surface area contributed by atoms with Crippen LogP contribution in [0.15, 0.2) is 35.3 Å². The number of hydrogen-bond acceptors (Lipinski definition) is 7. The zero-order chi connectivity index (χ0) is 21.0. The Morgan fingerprint density at radius 3 is 2.48 bits per heavy atom. The molecule has 1 N–H and O–H groups in total. The van der Waals surface area contributed by atoms with E-state index in [1.807, 2.05) is 4.90 Å². The van der Waals surface area contributed by atoms with Crippen LogP contribution in [0.1, 0.15) is 6.92 Å². The van der Waals surface area contributed by atoms with E-state index in [0.29, 0.717) is 31.0 Å². The molecule has 0 bridgehead atoms. The molecule has 0 radical (unpaired) electrons. The molecule has 1 aromatic carbocycles. The summed E-state index contributed by atoms with van der Waals surface area (Å²) in [6, 6.07) is 5.48. The average molecular weight is 421 g/mol. The topological polar surface area (TPSA) is 114 Å². The quantitative estimate of drug-likeness (QED) is 0.554. The summed E-state index contributed by atoms with van der Waals surface area (Å²) in [7, 11) is 0. The zero-order valence-electron chi connectivity index (χ0n) is 15.9. The molecule has 154 valence electrons. The van der Waals surface area contributed by atoms with E-state index in [-0.39, 0.29) is 16.6 Å². The molecule has 11 heteroatoms. The number of hydrogen-bond donors (Lipinski definition) is 1. The predicted octanol–water partition coefficient (Wildman–Crippen LogP) is 1.37. The van der Waals surface area contributed by atoms with Crippen LogP contribution < -0.4 is 10.9 Å². The number of piperazine rings is 1. The van der Waals surface area contributed by atoms with Crippen molar-refractivity contribution in [3.63, 3.8) is 0 Å². The number of rotatable bonds is 6. The normalized spacial score (nSPS) is 14.6. The third-order valence-electron chi connectivity index (χ3n) is 4.79. The van der Waals surface area contributed by atoms with Gasteiger partial charge in [-0.15, -0.1) is 0 Å². The van der Waals surface area contributed by atoms with Crippen molar-refractivity contribution in [1.29, 1.82) is 0 Å². The van der Waals surface area contributed by atoms with Crippen molar-refractivity contribution in [3.05, 3.63) is 56.0 Å². The highest BCUT2D eigenvalue weighted by atomic mass is 35.5. The summed E-state index contributed by atoms with van der Waals surface area (Å²) in [6.07, 6.45) is 1.46. The molecule has 2 heterocycles. The molecule has 1 saturated heterocycles. The van der Waals surface area contributed by atoms with Crippen LogP contribution in [0.5, 0.6) is 0 Å². The number of amides is 1. The third-order valence-corrected chi connectivity index (χ3v) is 5.15. The molecule has 0 aliphatic carbocycles. The Hall–Kier alpha value is -2.98. The number of halogens is 1. The lowest BCUT2D eigenvalue weighted by Crippen LogP contribution is -2.49. The number of nitro benzene ring substituents is 1. The number of nitrogens with one attached hydrogen (secondary N) is 1. The van der Waals surface area contributed by atoms with Crippen LogP contribution in [0.2, 0.25) is 5.02 Å². The Kier molecular flexibility index (Phi) is 6.45. The lowest BCUT2D eigenvalue weighted by Gasteiger charge is -2.34. The van der Waals surface area contributed by atoms with Crippen molar-refractivity contribution in [3.8, 4) is 5.69 Å². The fraction of sp³-hybridized carbons (Fsp3) is 0.389. The minimum atomic E-state index is -0.514. The van der Waals surface area contributed by atoms with Gasteiger partial charge in [-0.25, -0.2) is 0 Å². The van der Waals surface area contributed by atoms with Gasteiger partial charge in [-0.2, -0.15) is 9.78 Å². The van der Waals surface area contributed by atoms with Gasteiger partial charge in [-0.05, 0) is 12.1 Å².